The Hall–Kier alpha value is -3.96. The van der Waals surface area contributed by atoms with Crippen molar-refractivity contribution in [2.24, 2.45) is 4.99 Å². The van der Waals surface area contributed by atoms with Gasteiger partial charge in [-0.25, -0.2) is 0 Å². The second-order valence-electron chi connectivity index (χ2n) is 9.74. The minimum Gasteiger partial charge on any atom is -0.370 e. The van der Waals surface area contributed by atoms with Gasteiger partial charge in [-0.1, -0.05) is 84.9 Å². The van der Waals surface area contributed by atoms with E-state index >= 15 is 0 Å². The third-order valence-corrected chi connectivity index (χ3v) is 6.53. The molecule has 5 rings (SSSR count). The van der Waals surface area contributed by atoms with E-state index in [9.17, 15) is 0 Å². The maximum atomic E-state index is 4.51. The van der Waals surface area contributed by atoms with Crippen LogP contribution in [0.3, 0.4) is 0 Å². The number of para-hydroxylation sites is 1. The molecule has 0 radical (unpaired) electrons. The van der Waals surface area contributed by atoms with Crippen LogP contribution in [0.25, 0.3) is 0 Å². The number of nitrogens with one attached hydrogen (secondary N) is 1. The second-order valence-corrected chi connectivity index (χ2v) is 9.74. The molecule has 0 spiro atoms. The summed E-state index contributed by atoms with van der Waals surface area (Å²) in [7, 11) is 4.22. The van der Waals surface area contributed by atoms with Gasteiger partial charge in [-0.2, -0.15) is 0 Å². The van der Waals surface area contributed by atoms with Crippen LogP contribution < -0.4 is 10.2 Å². The molecule has 1 N–H and O–H groups in total. The first-order chi connectivity index (χ1) is 18.7. The lowest BCUT2D eigenvalue weighted by atomic mass is 9.92. The van der Waals surface area contributed by atoms with Gasteiger partial charge in [-0.05, 0) is 62.5 Å². The van der Waals surface area contributed by atoms with Crippen molar-refractivity contribution in [3.8, 4) is 0 Å². The number of anilines is 1. The highest BCUT2D eigenvalue weighted by Gasteiger charge is 2.15. The Morgan fingerprint density at radius 3 is 2.03 bits per heavy atom. The van der Waals surface area contributed by atoms with Crippen LogP contribution in [0.4, 0.5) is 5.69 Å². The average Bonchev–Trinajstić information content (AvgIpc) is 3.49. The average molecular weight is 506 g/mol. The van der Waals surface area contributed by atoms with Crippen LogP contribution in [-0.4, -0.2) is 56.0 Å². The third-order valence-electron chi connectivity index (χ3n) is 6.53. The maximum Gasteiger partial charge on any atom is 0.116 e. The molecule has 196 valence electrons. The molecule has 0 saturated heterocycles. The molecule has 0 amide bonds. The molecule has 0 aliphatic carbocycles. The van der Waals surface area contributed by atoms with Gasteiger partial charge < -0.3 is 15.1 Å². The Morgan fingerprint density at radius 2 is 1.42 bits per heavy atom. The van der Waals surface area contributed by atoms with Gasteiger partial charge in [-0.15, -0.1) is 0 Å². The molecule has 1 atom stereocenters. The van der Waals surface area contributed by atoms with Crippen LogP contribution in [0.2, 0.25) is 0 Å². The predicted octanol–water partition coefficient (Wildman–Crippen LogP) is 5.86. The number of hydrogen-bond donors (Lipinski definition) is 1. The Bertz CT molecular complexity index is 1170. The third kappa shape index (κ3) is 8.56. The summed E-state index contributed by atoms with van der Waals surface area (Å²) in [5, 5.41) is 3.35. The molecule has 5 heteroatoms. The van der Waals surface area contributed by atoms with Crippen molar-refractivity contribution in [3.63, 3.8) is 0 Å². The zero-order valence-corrected chi connectivity index (χ0v) is 22.6. The summed E-state index contributed by atoms with van der Waals surface area (Å²) in [4.78, 5) is 13.6. The maximum absolute atomic E-state index is 4.51. The summed E-state index contributed by atoms with van der Waals surface area (Å²) in [6.45, 7) is 4.65. The number of aromatic nitrogens is 1. The summed E-state index contributed by atoms with van der Waals surface area (Å²) in [6, 6.07) is 37.9. The number of benzene rings is 3. The monoisotopic (exact) mass is 505 g/mol. The first-order valence-corrected chi connectivity index (χ1v) is 13.4. The van der Waals surface area contributed by atoms with Gasteiger partial charge in [0.2, 0.25) is 0 Å². The van der Waals surface area contributed by atoms with E-state index in [0.29, 0.717) is 5.92 Å². The van der Waals surface area contributed by atoms with Gasteiger partial charge in [0.25, 0.3) is 0 Å². The van der Waals surface area contributed by atoms with Crippen LogP contribution in [0.1, 0.15) is 29.2 Å². The standard InChI is InChI=1S/C17H19N3.C16H20N2/c1-3-7-15(8-4-1)13-20(14-17-18-11-12-19-17)16-9-5-2-6-10-16;1-18(2)13-11-15(14-8-4-3-5-9-14)16-10-6-7-12-17-16/h1-10H,11-14H2,(H,18,19);3-10,12,15H,11,13H2,1-2H3. The molecule has 1 aromatic heterocycles. The van der Waals surface area contributed by atoms with Gasteiger partial charge in [0.05, 0.1) is 13.1 Å². The number of rotatable bonds is 10. The highest BCUT2D eigenvalue weighted by Crippen LogP contribution is 2.26. The lowest BCUT2D eigenvalue weighted by Crippen LogP contribution is -2.34. The normalized spacial score (nSPS) is 13.2. The number of nitrogens with zero attached hydrogens (tertiary/aromatic N) is 4. The van der Waals surface area contributed by atoms with E-state index in [0.717, 1.165) is 50.7 Å². The molecule has 0 saturated carbocycles. The molecular formula is C33H39N5. The van der Waals surface area contributed by atoms with Gasteiger partial charge in [-0.3, -0.25) is 9.98 Å². The summed E-state index contributed by atoms with van der Waals surface area (Å²) < 4.78 is 0. The van der Waals surface area contributed by atoms with E-state index in [1.165, 1.54) is 16.8 Å². The Balaban J connectivity index is 0.000000178. The molecule has 1 unspecified atom stereocenters. The lowest BCUT2D eigenvalue weighted by molar-refractivity contribution is 0.389. The number of amidine groups is 1. The van der Waals surface area contributed by atoms with E-state index in [4.69, 9.17) is 0 Å². The van der Waals surface area contributed by atoms with Crippen LogP contribution in [0.5, 0.6) is 0 Å². The molecule has 0 fully saturated rings. The van der Waals surface area contributed by atoms with Crippen molar-refractivity contribution in [3.05, 3.63) is 132 Å². The molecule has 38 heavy (non-hydrogen) atoms. The number of hydrogen-bond acceptors (Lipinski definition) is 5. The van der Waals surface area contributed by atoms with Crippen molar-refractivity contribution in [2.45, 2.75) is 18.9 Å². The summed E-state index contributed by atoms with van der Waals surface area (Å²) in [6.07, 6.45) is 2.97. The molecule has 1 aliphatic rings. The molecule has 2 heterocycles. The zero-order chi connectivity index (χ0) is 26.4. The topological polar surface area (TPSA) is 43.8 Å². The minimum atomic E-state index is 0.384. The summed E-state index contributed by atoms with van der Waals surface area (Å²) in [5.74, 6) is 1.47. The highest BCUT2D eigenvalue weighted by molar-refractivity contribution is 5.88. The molecule has 3 aromatic carbocycles. The van der Waals surface area contributed by atoms with Crippen LogP contribution in [0.15, 0.2) is 120 Å². The van der Waals surface area contributed by atoms with Crippen molar-refractivity contribution in [1.29, 1.82) is 0 Å². The van der Waals surface area contributed by atoms with Gasteiger partial charge in [0, 0.05) is 36.6 Å². The smallest absolute Gasteiger partial charge is 0.116 e. The minimum absolute atomic E-state index is 0.384. The van der Waals surface area contributed by atoms with Crippen molar-refractivity contribution in [1.82, 2.24) is 15.2 Å². The van der Waals surface area contributed by atoms with Crippen molar-refractivity contribution >= 4 is 11.5 Å². The molecule has 0 bridgehead atoms. The van der Waals surface area contributed by atoms with Crippen LogP contribution in [0, 0.1) is 0 Å². The van der Waals surface area contributed by atoms with Gasteiger partial charge in [0.15, 0.2) is 0 Å². The predicted molar refractivity (Wildman–Crippen MR) is 160 cm³/mol. The summed E-state index contributed by atoms with van der Waals surface area (Å²) in [5.41, 5.74) is 5.05. The molecule has 1 aliphatic heterocycles. The Kier molecular flexibility index (Phi) is 10.5. The zero-order valence-electron chi connectivity index (χ0n) is 22.6. The fourth-order valence-corrected chi connectivity index (χ4v) is 4.55. The fraction of sp³-hybridized carbons (Fsp3) is 0.273. The number of pyridine rings is 1. The van der Waals surface area contributed by atoms with E-state index in [1.54, 1.807) is 0 Å². The quantitative estimate of drug-likeness (QED) is 0.293. The highest BCUT2D eigenvalue weighted by atomic mass is 15.2. The molecule has 5 nitrogen and oxygen atoms in total. The Labute approximate surface area is 227 Å². The SMILES string of the molecule is CN(C)CCC(c1ccccc1)c1ccccn1.c1ccc(CN(CC2=NCCN2)c2ccccc2)cc1. The van der Waals surface area contributed by atoms with Crippen molar-refractivity contribution in [2.75, 3.05) is 45.2 Å². The van der Waals surface area contributed by atoms with Gasteiger partial charge >= 0.3 is 0 Å². The largest absolute Gasteiger partial charge is 0.370 e. The lowest BCUT2D eigenvalue weighted by Gasteiger charge is -2.25. The van der Waals surface area contributed by atoms with Gasteiger partial charge in [0.1, 0.15) is 5.84 Å². The summed E-state index contributed by atoms with van der Waals surface area (Å²) >= 11 is 0. The number of aliphatic imine (C=N–C) groups is 1. The van der Waals surface area contributed by atoms with Crippen LogP contribution in [-0.2, 0) is 6.54 Å². The van der Waals surface area contributed by atoms with Crippen molar-refractivity contribution < 1.29 is 0 Å². The van der Waals surface area contributed by atoms with E-state index < -0.39 is 0 Å². The van der Waals surface area contributed by atoms with Crippen LogP contribution >= 0.6 is 0 Å². The first-order valence-electron chi connectivity index (χ1n) is 13.4. The first kappa shape index (κ1) is 27.1. The molecule has 4 aromatic rings. The van der Waals surface area contributed by atoms with E-state index in [2.05, 4.69) is 142 Å². The fourth-order valence-electron chi connectivity index (χ4n) is 4.55. The van der Waals surface area contributed by atoms with E-state index in [1.807, 2.05) is 12.3 Å². The Morgan fingerprint density at radius 1 is 0.763 bits per heavy atom. The molecular weight excluding hydrogens is 466 g/mol. The second kappa shape index (κ2) is 14.7. The van der Waals surface area contributed by atoms with E-state index in [-0.39, 0.29) is 0 Å².